The number of imidazole rings is 1. The van der Waals surface area contributed by atoms with Crippen LogP contribution in [0.15, 0.2) is 48.4 Å². The van der Waals surface area contributed by atoms with Crippen molar-refractivity contribution in [2.45, 2.75) is 18.9 Å². The van der Waals surface area contributed by atoms with Crippen LogP contribution in [0.4, 0.5) is 0 Å². The number of aliphatic imine (C=N–C) groups is 1. The van der Waals surface area contributed by atoms with E-state index in [-0.39, 0.29) is 12.2 Å². The number of para-hydroxylation sites is 1. The van der Waals surface area contributed by atoms with Gasteiger partial charge in [0.05, 0.1) is 6.33 Å². The highest BCUT2D eigenvalue weighted by molar-refractivity contribution is 5.86. The summed E-state index contributed by atoms with van der Waals surface area (Å²) in [5.74, 6) is -0.940. The Morgan fingerprint density at radius 2 is 2.32 bits per heavy atom. The summed E-state index contributed by atoms with van der Waals surface area (Å²) in [6.07, 6.45) is 6.87. The van der Waals surface area contributed by atoms with Crippen LogP contribution in [0, 0.1) is 0 Å². The molecule has 0 aliphatic rings. The van der Waals surface area contributed by atoms with Gasteiger partial charge in [-0.3, -0.25) is 4.99 Å². The van der Waals surface area contributed by atoms with Gasteiger partial charge in [0.2, 0.25) is 0 Å². The number of carbonyl (C=O) groups is 1. The van der Waals surface area contributed by atoms with Crippen molar-refractivity contribution in [2.75, 3.05) is 0 Å². The first-order valence-electron chi connectivity index (χ1n) is 6.76. The number of carboxylic acids is 1. The van der Waals surface area contributed by atoms with Gasteiger partial charge >= 0.3 is 5.97 Å². The molecule has 2 rings (SSSR count). The molecule has 6 nitrogen and oxygen atoms in total. The third-order valence-electron chi connectivity index (χ3n) is 3.16. The topological polar surface area (TPSA) is 98.6 Å². The van der Waals surface area contributed by atoms with Crippen molar-refractivity contribution in [3.63, 3.8) is 0 Å². The number of hydrogen-bond acceptors (Lipinski definition) is 4. The van der Waals surface area contributed by atoms with Gasteiger partial charge in [0.1, 0.15) is 5.75 Å². The van der Waals surface area contributed by atoms with Gasteiger partial charge in [-0.15, -0.1) is 6.58 Å². The second-order valence-electron chi connectivity index (χ2n) is 4.76. The Bertz CT molecular complexity index is 678. The zero-order chi connectivity index (χ0) is 15.9. The van der Waals surface area contributed by atoms with Crippen molar-refractivity contribution in [2.24, 2.45) is 4.99 Å². The van der Waals surface area contributed by atoms with Gasteiger partial charge in [-0.05, 0) is 18.1 Å². The summed E-state index contributed by atoms with van der Waals surface area (Å²) in [5.41, 5.74) is 1.89. The van der Waals surface area contributed by atoms with Crippen LogP contribution in [-0.2, 0) is 17.6 Å². The van der Waals surface area contributed by atoms with Crippen LogP contribution in [0.5, 0.6) is 5.75 Å². The van der Waals surface area contributed by atoms with E-state index < -0.39 is 12.0 Å². The van der Waals surface area contributed by atoms with E-state index in [4.69, 9.17) is 0 Å². The Morgan fingerprint density at radius 1 is 1.50 bits per heavy atom. The highest BCUT2D eigenvalue weighted by Gasteiger charge is 2.17. The van der Waals surface area contributed by atoms with Gasteiger partial charge in [0, 0.05) is 30.1 Å². The van der Waals surface area contributed by atoms with Crippen LogP contribution in [0.25, 0.3) is 0 Å². The number of nitrogens with one attached hydrogen (secondary N) is 1. The number of allylic oxidation sites excluding steroid dienone is 1. The fourth-order valence-corrected chi connectivity index (χ4v) is 2.01. The van der Waals surface area contributed by atoms with Crippen LogP contribution in [0.2, 0.25) is 0 Å². The van der Waals surface area contributed by atoms with Crippen LogP contribution < -0.4 is 0 Å². The van der Waals surface area contributed by atoms with Gasteiger partial charge < -0.3 is 15.2 Å². The number of aromatic hydroxyl groups is 1. The number of hydrogen-bond donors (Lipinski definition) is 3. The molecule has 0 spiro atoms. The molecule has 0 aliphatic heterocycles. The lowest BCUT2D eigenvalue weighted by Crippen LogP contribution is -2.21. The minimum Gasteiger partial charge on any atom is -0.507 e. The number of aromatic amines is 1. The molecule has 0 amide bonds. The smallest absolute Gasteiger partial charge is 0.328 e. The highest BCUT2D eigenvalue weighted by atomic mass is 16.4. The van der Waals surface area contributed by atoms with E-state index in [9.17, 15) is 15.0 Å². The van der Waals surface area contributed by atoms with E-state index >= 15 is 0 Å². The minimum atomic E-state index is -1.03. The maximum atomic E-state index is 11.3. The molecule has 1 aromatic heterocycles. The van der Waals surface area contributed by atoms with Gasteiger partial charge in [-0.1, -0.05) is 18.2 Å². The Balaban J connectivity index is 2.19. The molecule has 0 bridgehead atoms. The molecule has 0 saturated heterocycles. The fourth-order valence-electron chi connectivity index (χ4n) is 2.01. The third kappa shape index (κ3) is 3.82. The maximum Gasteiger partial charge on any atom is 0.328 e. The summed E-state index contributed by atoms with van der Waals surface area (Å²) in [6.45, 7) is 3.63. The number of carboxylic acid groups (broad SMARTS) is 1. The van der Waals surface area contributed by atoms with Gasteiger partial charge in [-0.2, -0.15) is 0 Å². The largest absolute Gasteiger partial charge is 0.507 e. The Labute approximate surface area is 127 Å². The Hall–Kier alpha value is -2.89. The van der Waals surface area contributed by atoms with Crippen molar-refractivity contribution >= 4 is 12.2 Å². The summed E-state index contributed by atoms with van der Waals surface area (Å²) >= 11 is 0. The molecular formula is C16H17N3O3. The van der Waals surface area contributed by atoms with Gasteiger partial charge in [0.15, 0.2) is 6.04 Å². The monoisotopic (exact) mass is 299 g/mol. The SMILES string of the molecule is C=CCc1cccc(C=NC(Cc2cnc[nH]2)C(=O)O)c1O. The molecule has 0 saturated carbocycles. The van der Waals surface area contributed by atoms with E-state index in [1.54, 1.807) is 30.5 Å². The van der Waals surface area contributed by atoms with Crippen molar-refractivity contribution < 1.29 is 15.0 Å². The standard InChI is InChI=1S/C16H17N3O3/c1-2-4-11-5-3-6-12(15(11)20)8-18-14(16(21)22)7-13-9-17-10-19-13/h2-3,5-6,8-10,14,20H,1,4,7H2,(H,17,19)(H,21,22). The summed E-state index contributed by atoms with van der Waals surface area (Å²) in [4.78, 5) is 22.0. The number of benzene rings is 1. The van der Waals surface area contributed by atoms with Crippen molar-refractivity contribution in [3.05, 3.63) is 60.2 Å². The molecule has 0 radical (unpaired) electrons. The van der Waals surface area contributed by atoms with E-state index in [0.29, 0.717) is 17.7 Å². The molecule has 1 atom stereocenters. The van der Waals surface area contributed by atoms with Crippen molar-refractivity contribution in [1.82, 2.24) is 9.97 Å². The second-order valence-corrected chi connectivity index (χ2v) is 4.76. The molecule has 1 aromatic carbocycles. The molecule has 2 aromatic rings. The van der Waals surface area contributed by atoms with Crippen LogP contribution in [0.3, 0.4) is 0 Å². The minimum absolute atomic E-state index is 0.0943. The summed E-state index contributed by atoms with van der Waals surface area (Å²) in [7, 11) is 0. The normalized spacial score (nSPS) is 12.4. The lowest BCUT2D eigenvalue weighted by Gasteiger charge is -2.07. The molecule has 3 N–H and O–H groups in total. The quantitative estimate of drug-likeness (QED) is 0.537. The first kappa shape index (κ1) is 15.5. The lowest BCUT2D eigenvalue weighted by atomic mass is 10.1. The molecule has 114 valence electrons. The van der Waals surface area contributed by atoms with E-state index in [0.717, 1.165) is 5.56 Å². The first-order chi connectivity index (χ1) is 10.6. The number of phenolic OH excluding ortho intramolecular Hbond substituents is 1. The fraction of sp³-hybridized carbons (Fsp3) is 0.188. The van der Waals surface area contributed by atoms with Crippen LogP contribution >= 0.6 is 0 Å². The zero-order valence-electron chi connectivity index (χ0n) is 11.9. The summed E-state index contributed by atoms with van der Waals surface area (Å²) < 4.78 is 0. The lowest BCUT2D eigenvalue weighted by molar-refractivity contribution is -0.138. The highest BCUT2D eigenvalue weighted by Crippen LogP contribution is 2.22. The molecule has 0 fully saturated rings. The molecule has 22 heavy (non-hydrogen) atoms. The Kier molecular flexibility index (Phi) is 5.08. The van der Waals surface area contributed by atoms with Gasteiger partial charge in [-0.25, -0.2) is 9.78 Å². The van der Waals surface area contributed by atoms with Crippen LogP contribution in [-0.4, -0.2) is 38.4 Å². The number of aliphatic carboxylic acids is 1. The molecule has 1 heterocycles. The average Bonchev–Trinajstić information content (AvgIpc) is 2.99. The average molecular weight is 299 g/mol. The predicted molar refractivity (Wildman–Crippen MR) is 83.3 cm³/mol. The molecular weight excluding hydrogens is 282 g/mol. The Morgan fingerprint density at radius 3 is 2.95 bits per heavy atom. The number of aromatic nitrogens is 2. The third-order valence-corrected chi connectivity index (χ3v) is 3.16. The second kappa shape index (κ2) is 7.21. The number of nitrogens with zero attached hydrogens (tertiary/aromatic N) is 2. The van der Waals surface area contributed by atoms with Crippen molar-refractivity contribution in [1.29, 1.82) is 0 Å². The number of rotatable bonds is 7. The first-order valence-corrected chi connectivity index (χ1v) is 6.76. The van der Waals surface area contributed by atoms with Crippen LogP contribution in [0.1, 0.15) is 16.8 Å². The van der Waals surface area contributed by atoms with Gasteiger partial charge in [0.25, 0.3) is 0 Å². The maximum absolute atomic E-state index is 11.3. The molecule has 6 heteroatoms. The molecule has 0 aliphatic carbocycles. The van der Waals surface area contributed by atoms with Crippen molar-refractivity contribution in [3.8, 4) is 5.75 Å². The number of phenols is 1. The predicted octanol–water partition coefficient (Wildman–Crippen LogP) is 1.96. The van der Waals surface area contributed by atoms with E-state index in [2.05, 4.69) is 21.5 Å². The molecule has 1 unspecified atom stereocenters. The summed E-state index contributed by atoms with van der Waals surface area (Å²) in [6, 6.07) is 4.31. The van der Waals surface area contributed by atoms with E-state index in [1.165, 1.54) is 12.5 Å². The number of H-pyrrole nitrogens is 1. The van der Waals surface area contributed by atoms with E-state index in [1.807, 2.05) is 0 Å². The zero-order valence-corrected chi connectivity index (χ0v) is 11.9. The summed E-state index contributed by atoms with van der Waals surface area (Å²) in [5, 5.41) is 19.4.